The van der Waals surface area contributed by atoms with Crippen molar-refractivity contribution in [3.63, 3.8) is 0 Å². The van der Waals surface area contributed by atoms with Gasteiger partial charge in [0.15, 0.2) is 9.84 Å². The lowest BCUT2D eigenvalue weighted by atomic mass is 10.1. The lowest BCUT2D eigenvalue weighted by Gasteiger charge is -2.43. The lowest BCUT2D eigenvalue weighted by molar-refractivity contribution is -0.172. The fourth-order valence-electron chi connectivity index (χ4n) is 4.14. The normalized spacial score (nSPS) is 22.8. The van der Waals surface area contributed by atoms with Crippen LogP contribution in [0.15, 0.2) is 30.3 Å². The first-order valence-corrected chi connectivity index (χ1v) is 12.9. The highest BCUT2D eigenvalue weighted by molar-refractivity contribution is 7.91. The number of likely N-dealkylation sites (N-methyl/N-ethyl adjacent to an activating group) is 1. The summed E-state index contributed by atoms with van der Waals surface area (Å²) in [6.45, 7) is 2.05. The van der Waals surface area contributed by atoms with E-state index in [4.69, 9.17) is 0 Å². The van der Waals surface area contributed by atoms with Crippen LogP contribution in [-0.2, 0) is 30.6 Å². The molecule has 3 amide bonds. The summed E-state index contributed by atoms with van der Waals surface area (Å²) in [7, 11) is -1.83. The van der Waals surface area contributed by atoms with Gasteiger partial charge >= 0.3 is 0 Å². The van der Waals surface area contributed by atoms with Gasteiger partial charge in [-0.3, -0.25) is 19.4 Å². The number of rotatable bonds is 8. The summed E-state index contributed by atoms with van der Waals surface area (Å²) in [6, 6.07) is 7.40. The third-order valence-electron chi connectivity index (χ3n) is 6.11. The molecule has 2 saturated heterocycles. The molecule has 32 heavy (non-hydrogen) atoms. The van der Waals surface area contributed by atoms with E-state index in [0.29, 0.717) is 25.8 Å². The van der Waals surface area contributed by atoms with Crippen molar-refractivity contribution in [1.29, 1.82) is 0 Å². The molecule has 10 heteroatoms. The number of nitrogens with one attached hydrogen (secondary N) is 2. The third kappa shape index (κ3) is 5.86. The van der Waals surface area contributed by atoms with Crippen molar-refractivity contribution in [3.8, 4) is 0 Å². The predicted octanol–water partition coefficient (Wildman–Crippen LogP) is 0.265. The van der Waals surface area contributed by atoms with Gasteiger partial charge < -0.3 is 10.6 Å². The molecule has 0 aliphatic carbocycles. The molecule has 2 aliphatic rings. The number of aryl methyl sites for hydroxylation is 1. The summed E-state index contributed by atoms with van der Waals surface area (Å²) >= 11 is 0. The van der Waals surface area contributed by atoms with Gasteiger partial charge in [-0.05, 0) is 45.2 Å². The summed E-state index contributed by atoms with van der Waals surface area (Å²) < 4.78 is 25.8. The highest BCUT2D eigenvalue weighted by Gasteiger charge is 2.43. The number of benzene rings is 1. The molecule has 0 saturated carbocycles. The summed E-state index contributed by atoms with van der Waals surface area (Å²) in [6.07, 6.45) is 1.83. The maximum atomic E-state index is 13.3. The smallest absolute Gasteiger partial charge is 0.264 e. The minimum Gasteiger partial charge on any atom is -0.343 e. The van der Waals surface area contributed by atoms with E-state index in [-0.39, 0.29) is 36.2 Å². The molecule has 1 aromatic carbocycles. The molecular weight excluding hydrogens is 432 g/mol. The zero-order valence-electron chi connectivity index (χ0n) is 18.6. The number of carbonyl (C=O) groups excluding carboxylic acids is 3. The summed E-state index contributed by atoms with van der Waals surface area (Å²) in [5.74, 6) is -1.21. The predicted molar refractivity (Wildman–Crippen MR) is 120 cm³/mol. The van der Waals surface area contributed by atoms with Crippen molar-refractivity contribution in [2.24, 2.45) is 0 Å². The number of fused-ring (bicyclic) bond motifs is 1. The average molecular weight is 465 g/mol. The second kappa shape index (κ2) is 10.4. The van der Waals surface area contributed by atoms with Crippen LogP contribution in [0, 0.1) is 0 Å². The number of amides is 3. The molecule has 3 atom stereocenters. The minimum atomic E-state index is -3.47. The van der Waals surface area contributed by atoms with Crippen LogP contribution in [-0.4, -0.2) is 79.4 Å². The summed E-state index contributed by atoms with van der Waals surface area (Å²) in [5, 5.41) is 8.24. The van der Waals surface area contributed by atoms with Crippen LogP contribution in [0.25, 0.3) is 0 Å². The van der Waals surface area contributed by atoms with Gasteiger partial charge in [-0.1, -0.05) is 30.3 Å². The average Bonchev–Trinajstić information content (AvgIpc) is 2.90. The maximum absolute atomic E-state index is 13.3. The van der Waals surface area contributed by atoms with E-state index in [1.54, 1.807) is 14.0 Å². The molecule has 3 rings (SSSR count). The van der Waals surface area contributed by atoms with E-state index in [2.05, 4.69) is 10.6 Å². The SMILES string of the molecule is CNC(C)C(=O)N[C@H]1CCC(=O)N2CCC[C@@H](CS(=O)(=O)CCc3ccccc3)N2C1=O. The first-order chi connectivity index (χ1) is 15.2. The Balaban J connectivity index is 1.75. The number of hydrazine groups is 1. The van der Waals surface area contributed by atoms with Gasteiger partial charge in [0.05, 0.1) is 23.6 Å². The zero-order chi connectivity index (χ0) is 23.3. The van der Waals surface area contributed by atoms with Crippen molar-refractivity contribution in [1.82, 2.24) is 20.7 Å². The molecule has 0 spiro atoms. The Kier molecular flexibility index (Phi) is 7.89. The van der Waals surface area contributed by atoms with Crippen molar-refractivity contribution in [3.05, 3.63) is 35.9 Å². The third-order valence-corrected chi connectivity index (χ3v) is 7.82. The molecule has 0 bridgehead atoms. The lowest BCUT2D eigenvalue weighted by Crippen LogP contribution is -2.62. The van der Waals surface area contributed by atoms with Crippen molar-refractivity contribution in [2.45, 2.75) is 57.2 Å². The fraction of sp³-hybridized carbons (Fsp3) is 0.591. The minimum absolute atomic E-state index is 0.0245. The Morgan fingerprint density at radius 3 is 2.59 bits per heavy atom. The first kappa shape index (κ1) is 24.2. The van der Waals surface area contributed by atoms with Gasteiger partial charge in [0, 0.05) is 13.0 Å². The number of nitrogens with zero attached hydrogens (tertiary/aromatic N) is 2. The highest BCUT2D eigenvalue weighted by atomic mass is 32.2. The van der Waals surface area contributed by atoms with Gasteiger partial charge in [-0.25, -0.2) is 13.4 Å². The molecule has 176 valence electrons. The Labute approximate surface area is 189 Å². The Hall–Kier alpha value is -2.46. The second-order valence-corrected chi connectivity index (χ2v) is 10.7. The molecule has 1 unspecified atom stereocenters. The maximum Gasteiger partial charge on any atom is 0.264 e. The molecule has 2 heterocycles. The number of hydrogen-bond acceptors (Lipinski definition) is 6. The standard InChI is InChI=1S/C22H32N4O5S/c1-16(23-2)21(28)24-19-10-11-20(27)25-13-6-9-18(26(25)22(19)29)15-32(30,31)14-12-17-7-4-3-5-8-17/h3-5,7-8,16,18-19,23H,6,9-15H2,1-2H3,(H,24,28)/t16?,18-,19-/m0/s1. The molecule has 0 radical (unpaired) electrons. The summed E-state index contributed by atoms with van der Waals surface area (Å²) in [4.78, 5) is 38.4. The summed E-state index contributed by atoms with van der Waals surface area (Å²) in [5.41, 5.74) is 0.934. The van der Waals surface area contributed by atoms with E-state index in [1.807, 2.05) is 30.3 Å². The molecular formula is C22H32N4O5S. The van der Waals surface area contributed by atoms with Gasteiger partial charge in [0.1, 0.15) is 6.04 Å². The molecule has 0 aromatic heterocycles. The van der Waals surface area contributed by atoms with E-state index < -0.39 is 33.9 Å². The molecule has 9 nitrogen and oxygen atoms in total. The van der Waals surface area contributed by atoms with Crippen LogP contribution < -0.4 is 10.6 Å². The van der Waals surface area contributed by atoms with Crippen LogP contribution in [0.4, 0.5) is 0 Å². The Bertz CT molecular complexity index is 937. The van der Waals surface area contributed by atoms with Crippen molar-refractivity contribution >= 4 is 27.6 Å². The van der Waals surface area contributed by atoms with Crippen LogP contribution in [0.1, 0.15) is 38.2 Å². The van der Waals surface area contributed by atoms with Gasteiger partial charge in [-0.2, -0.15) is 0 Å². The van der Waals surface area contributed by atoms with Gasteiger partial charge in [-0.15, -0.1) is 0 Å². The fourth-order valence-corrected chi connectivity index (χ4v) is 5.75. The van der Waals surface area contributed by atoms with E-state index >= 15 is 0 Å². The van der Waals surface area contributed by atoms with E-state index in [9.17, 15) is 22.8 Å². The van der Waals surface area contributed by atoms with Crippen molar-refractivity contribution in [2.75, 3.05) is 25.1 Å². The Morgan fingerprint density at radius 2 is 1.91 bits per heavy atom. The van der Waals surface area contributed by atoms with Crippen LogP contribution >= 0.6 is 0 Å². The largest absolute Gasteiger partial charge is 0.343 e. The molecule has 1 aromatic rings. The number of hydrogen-bond donors (Lipinski definition) is 2. The van der Waals surface area contributed by atoms with Crippen LogP contribution in [0.2, 0.25) is 0 Å². The molecule has 2 aliphatic heterocycles. The Morgan fingerprint density at radius 1 is 1.19 bits per heavy atom. The second-order valence-electron chi connectivity index (χ2n) is 8.46. The number of carbonyl (C=O) groups is 3. The quantitative estimate of drug-likeness (QED) is 0.570. The van der Waals surface area contributed by atoms with E-state index in [0.717, 1.165) is 5.56 Å². The van der Waals surface area contributed by atoms with Crippen LogP contribution in [0.3, 0.4) is 0 Å². The van der Waals surface area contributed by atoms with Crippen molar-refractivity contribution < 1.29 is 22.8 Å². The zero-order valence-corrected chi connectivity index (χ0v) is 19.4. The monoisotopic (exact) mass is 464 g/mol. The topological polar surface area (TPSA) is 116 Å². The van der Waals surface area contributed by atoms with Crippen LogP contribution in [0.5, 0.6) is 0 Å². The molecule has 2 fully saturated rings. The first-order valence-electron chi connectivity index (χ1n) is 11.1. The van der Waals surface area contributed by atoms with E-state index in [1.165, 1.54) is 10.0 Å². The molecule has 2 N–H and O–H groups in total. The highest BCUT2D eigenvalue weighted by Crippen LogP contribution is 2.26. The van der Waals surface area contributed by atoms with Gasteiger partial charge in [0.2, 0.25) is 11.8 Å². The van der Waals surface area contributed by atoms with Gasteiger partial charge in [0.25, 0.3) is 5.91 Å². The number of sulfone groups is 1.